The summed E-state index contributed by atoms with van der Waals surface area (Å²) in [6.45, 7) is 2.75. The molecule has 1 unspecified atom stereocenters. The Labute approximate surface area is 348 Å². The van der Waals surface area contributed by atoms with Gasteiger partial charge in [-0.25, -0.2) is 9.97 Å². The molecule has 0 radical (unpaired) electrons. The van der Waals surface area contributed by atoms with Gasteiger partial charge in [-0.1, -0.05) is 30.3 Å². The number of carbonyl (C=O) groups excluding carboxylic acids is 4. The molecule has 1 atom stereocenters. The second-order valence-corrected chi connectivity index (χ2v) is 14.7. The molecule has 312 valence electrons. The number of piperidine rings is 1. The molecule has 0 spiro atoms. The lowest BCUT2D eigenvalue weighted by Crippen LogP contribution is -2.52. The number of hydrogen-bond acceptors (Lipinski definition) is 12. The van der Waals surface area contributed by atoms with Crippen LogP contribution in [-0.2, 0) is 50.4 Å². The monoisotopic (exact) mass is 815 g/mol. The fourth-order valence-corrected chi connectivity index (χ4v) is 7.17. The number of nitrogens with zero attached hydrogens (tertiary/aromatic N) is 6. The zero-order valence-electron chi connectivity index (χ0n) is 33.6. The van der Waals surface area contributed by atoms with Crippen molar-refractivity contribution in [1.82, 2.24) is 34.9 Å². The zero-order valence-corrected chi connectivity index (χ0v) is 33.6. The Kier molecular flexibility index (Phi) is 14.2. The van der Waals surface area contributed by atoms with E-state index in [2.05, 4.69) is 66.4 Å². The second-order valence-electron chi connectivity index (χ2n) is 14.7. The van der Waals surface area contributed by atoms with Crippen LogP contribution in [-0.4, -0.2) is 92.3 Å². The standard InChI is InChI=1S/C44H49N9O7/c1-52-39(50-51-42(52)37-18-19-45-29-47-37)26-46-32-9-5-8-31(25-32)24-30-12-14-33(15-13-30)60-23-4-2-3-20-58-21-7-22-59-28-41(55)48-36-11-6-10-34-35(36)27-53(44(34)57)38-16-17-40(54)49-43(38)56/h5-6,8-15,18-19,25,29,38,46H,2-4,7,16-17,20-24,26-28H2,1H3,(H,48,55)(H,49,54,56). The third kappa shape index (κ3) is 10.9. The quantitative estimate of drug-likeness (QED) is 0.0676. The lowest BCUT2D eigenvalue weighted by Gasteiger charge is -2.29. The first-order valence-electron chi connectivity index (χ1n) is 20.2. The Bertz CT molecular complexity index is 2270. The van der Waals surface area contributed by atoms with Gasteiger partial charge in [0.05, 0.1) is 13.2 Å². The molecule has 3 aromatic carbocycles. The summed E-state index contributed by atoms with van der Waals surface area (Å²) in [6, 6.07) is 22.8. The molecule has 16 heteroatoms. The van der Waals surface area contributed by atoms with Crippen molar-refractivity contribution < 1.29 is 33.4 Å². The van der Waals surface area contributed by atoms with E-state index >= 15 is 0 Å². The first-order chi connectivity index (χ1) is 29.3. The zero-order chi connectivity index (χ0) is 41.7. The third-order valence-corrected chi connectivity index (χ3v) is 10.4. The van der Waals surface area contributed by atoms with Crippen molar-refractivity contribution in [3.05, 3.63) is 113 Å². The minimum absolute atomic E-state index is 0.136. The van der Waals surface area contributed by atoms with Gasteiger partial charge in [0.15, 0.2) is 11.6 Å². The summed E-state index contributed by atoms with van der Waals surface area (Å²) in [5.74, 6) is 0.901. The Morgan fingerprint density at radius 2 is 1.70 bits per heavy atom. The van der Waals surface area contributed by atoms with Gasteiger partial charge in [-0.3, -0.25) is 24.5 Å². The Morgan fingerprint density at radius 3 is 2.53 bits per heavy atom. The van der Waals surface area contributed by atoms with Crippen LogP contribution in [0.5, 0.6) is 5.75 Å². The first-order valence-corrected chi connectivity index (χ1v) is 20.2. The summed E-state index contributed by atoms with van der Waals surface area (Å²) in [5, 5.41) is 17.2. The summed E-state index contributed by atoms with van der Waals surface area (Å²) in [6.07, 6.45) is 7.93. The van der Waals surface area contributed by atoms with Crippen LogP contribution in [0.3, 0.4) is 0 Å². The number of imide groups is 1. The van der Waals surface area contributed by atoms with Crippen LogP contribution < -0.4 is 20.7 Å². The molecule has 2 aliphatic heterocycles. The van der Waals surface area contributed by atoms with E-state index in [9.17, 15) is 19.2 Å². The van der Waals surface area contributed by atoms with Gasteiger partial charge < -0.3 is 34.3 Å². The highest BCUT2D eigenvalue weighted by Crippen LogP contribution is 2.32. The average molecular weight is 816 g/mol. The van der Waals surface area contributed by atoms with E-state index in [4.69, 9.17) is 14.2 Å². The van der Waals surface area contributed by atoms with Crippen molar-refractivity contribution >= 4 is 35.0 Å². The SMILES string of the molecule is Cn1c(CNc2cccc(Cc3ccc(OCCCCCOCCCOCC(=O)Nc4cccc5c4CN(C4CCC(=O)NC4=O)C5=O)cc3)c2)nnc1-c1ccncn1. The molecule has 7 rings (SSSR count). The lowest BCUT2D eigenvalue weighted by atomic mass is 10.0. The molecule has 4 amide bonds. The number of unbranched alkanes of at least 4 members (excludes halogenated alkanes) is 2. The van der Waals surface area contributed by atoms with Crippen molar-refractivity contribution in [2.45, 2.75) is 64.1 Å². The summed E-state index contributed by atoms with van der Waals surface area (Å²) in [7, 11) is 1.93. The predicted molar refractivity (Wildman–Crippen MR) is 222 cm³/mol. The lowest BCUT2D eigenvalue weighted by molar-refractivity contribution is -0.137. The minimum Gasteiger partial charge on any atom is -0.494 e. The largest absolute Gasteiger partial charge is 0.494 e. The Hall–Kier alpha value is -6.52. The van der Waals surface area contributed by atoms with E-state index in [-0.39, 0.29) is 43.7 Å². The Morgan fingerprint density at radius 1 is 0.883 bits per heavy atom. The van der Waals surface area contributed by atoms with Gasteiger partial charge >= 0.3 is 0 Å². The molecule has 16 nitrogen and oxygen atoms in total. The van der Waals surface area contributed by atoms with Crippen molar-refractivity contribution in [3.63, 3.8) is 0 Å². The van der Waals surface area contributed by atoms with Crippen LogP contribution in [0.15, 0.2) is 85.3 Å². The maximum Gasteiger partial charge on any atom is 0.255 e. The number of aromatic nitrogens is 5. The van der Waals surface area contributed by atoms with E-state index < -0.39 is 11.9 Å². The van der Waals surface area contributed by atoms with E-state index in [1.54, 1.807) is 24.4 Å². The fourth-order valence-electron chi connectivity index (χ4n) is 7.17. The average Bonchev–Trinajstić information content (AvgIpc) is 3.80. The van der Waals surface area contributed by atoms with Crippen LogP contribution in [0, 0.1) is 0 Å². The highest BCUT2D eigenvalue weighted by Gasteiger charge is 2.40. The highest BCUT2D eigenvalue weighted by molar-refractivity contribution is 6.06. The van der Waals surface area contributed by atoms with Crippen LogP contribution in [0.1, 0.15) is 71.4 Å². The first kappa shape index (κ1) is 41.6. The van der Waals surface area contributed by atoms with Gasteiger partial charge in [-0.2, -0.15) is 0 Å². The summed E-state index contributed by atoms with van der Waals surface area (Å²) >= 11 is 0. The smallest absolute Gasteiger partial charge is 0.255 e. The van der Waals surface area contributed by atoms with E-state index in [1.807, 2.05) is 35.9 Å². The van der Waals surface area contributed by atoms with Gasteiger partial charge in [0, 0.05) is 68.5 Å². The molecule has 0 bridgehead atoms. The molecule has 60 heavy (non-hydrogen) atoms. The number of carbonyl (C=O) groups is 4. The van der Waals surface area contributed by atoms with Crippen molar-refractivity contribution in [2.75, 3.05) is 43.7 Å². The summed E-state index contributed by atoms with van der Waals surface area (Å²) in [5.41, 5.74) is 5.71. The topological polar surface area (TPSA) is 192 Å². The maximum absolute atomic E-state index is 13.0. The fraction of sp³-hybridized carbons (Fsp3) is 0.364. The number of ether oxygens (including phenoxy) is 3. The molecule has 2 aliphatic rings. The number of hydrogen-bond donors (Lipinski definition) is 3. The highest BCUT2D eigenvalue weighted by atomic mass is 16.5. The number of rotatable bonds is 21. The van der Waals surface area contributed by atoms with Crippen LogP contribution >= 0.6 is 0 Å². The maximum atomic E-state index is 13.0. The molecule has 5 aromatic rings. The summed E-state index contributed by atoms with van der Waals surface area (Å²) in [4.78, 5) is 59.2. The molecule has 1 fully saturated rings. The molecule has 0 saturated carbocycles. The molecule has 2 aromatic heterocycles. The molecule has 3 N–H and O–H groups in total. The van der Waals surface area contributed by atoms with Gasteiger partial charge in [-0.15, -0.1) is 10.2 Å². The number of nitrogens with one attached hydrogen (secondary N) is 3. The molecular weight excluding hydrogens is 767 g/mol. The normalized spacial score (nSPS) is 14.8. The van der Waals surface area contributed by atoms with Crippen molar-refractivity contribution in [2.24, 2.45) is 7.05 Å². The van der Waals surface area contributed by atoms with E-state index in [1.165, 1.54) is 22.4 Å². The van der Waals surface area contributed by atoms with Crippen LogP contribution in [0.2, 0.25) is 0 Å². The molecule has 1 saturated heterocycles. The van der Waals surface area contributed by atoms with Crippen molar-refractivity contribution in [3.8, 4) is 17.3 Å². The van der Waals surface area contributed by atoms with Gasteiger partial charge in [0.25, 0.3) is 5.91 Å². The molecule has 0 aliphatic carbocycles. The number of fused-ring (bicyclic) bond motifs is 1. The van der Waals surface area contributed by atoms with Crippen LogP contribution in [0.25, 0.3) is 11.5 Å². The third-order valence-electron chi connectivity index (χ3n) is 10.4. The Balaban J connectivity index is 0.713. The second kappa shape index (κ2) is 20.4. The van der Waals surface area contributed by atoms with Crippen LogP contribution in [0.4, 0.5) is 11.4 Å². The molecule has 4 heterocycles. The molecular formula is C44H49N9O7. The van der Waals surface area contributed by atoms with Gasteiger partial charge in [0.1, 0.15) is 30.4 Å². The van der Waals surface area contributed by atoms with E-state index in [0.717, 1.165) is 48.6 Å². The number of anilines is 2. The van der Waals surface area contributed by atoms with E-state index in [0.29, 0.717) is 62.0 Å². The van der Waals surface area contributed by atoms with Gasteiger partial charge in [0.2, 0.25) is 17.7 Å². The minimum atomic E-state index is -0.720. The van der Waals surface area contributed by atoms with Gasteiger partial charge in [-0.05, 0) is 92.1 Å². The number of amides is 4. The number of benzene rings is 3. The van der Waals surface area contributed by atoms with Crippen molar-refractivity contribution in [1.29, 1.82) is 0 Å². The summed E-state index contributed by atoms with van der Waals surface area (Å²) < 4.78 is 19.2. The predicted octanol–water partition coefficient (Wildman–Crippen LogP) is 4.85.